The maximum absolute atomic E-state index is 12.5. The molecule has 1 fully saturated rings. The highest BCUT2D eigenvalue weighted by Gasteiger charge is 2.32. The molecule has 1 aromatic heterocycles. The molecule has 0 aliphatic carbocycles. The fourth-order valence-electron chi connectivity index (χ4n) is 2.22. The van der Waals surface area contributed by atoms with Crippen LogP contribution in [0.4, 0.5) is 0 Å². The van der Waals surface area contributed by atoms with E-state index in [1.807, 2.05) is 31.4 Å². The van der Waals surface area contributed by atoms with Crippen LogP contribution in [-0.4, -0.2) is 29.3 Å². The summed E-state index contributed by atoms with van der Waals surface area (Å²) >= 11 is 1.64. The lowest BCUT2D eigenvalue weighted by Gasteiger charge is -2.26. The first-order valence-corrected chi connectivity index (χ1v) is 7.60. The average Bonchev–Trinajstić information content (AvgIpc) is 2.87. The quantitative estimate of drug-likeness (QED) is 0.917. The summed E-state index contributed by atoms with van der Waals surface area (Å²) in [4.78, 5) is 27.2. The van der Waals surface area contributed by atoms with Gasteiger partial charge in [0.25, 0.3) is 0 Å². The second-order valence-corrected chi connectivity index (χ2v) is 6.05. The van der Waals surface area contributed by atoms with Gasteiger partial charge in [0.05, 0.1) is 6.54 Å². The van der Waals surface area contributed by atoms with Gasteiger partial charge in [0.2, 0.25) is 11.8 Å². The van der Waals surface area contributed by atoms with E-state index in [0.29, 0.717) is 19.5 Å². The molecule has 2 amide bonds. The zero-order chi connectivity index (χ0) is 13.8. The zero-order valence-corrected chi connectivity index (χ0v) is 12.2. The lowest BCUT2D eigenvalue weighted by molar-refractivity contribution is -0.135. The number of hydrogen-bond donors (Lipinski definition) is 1. The molecule has 0 saturated carbocycles. The molecule has 1 aliphatic rings. The topological polar surface area (TPSA) is 49.4 Å². The zero-order valence-electron chi connectivity index (χ0n) is 11.4. The molecular formula is C14H20N2O2S. The SMILES string of the molecule is CCC(C)C1NC(=O)CCN(Cc2cccs2)C1=O. The van der Waals surface area contributed by atoms with Gasteiger partial charge in [-0.05, 0) is 17.4 Å². The van der Waals surface area contributed by atoms with Crippen molar-refractivity contribution in [1.82, 2.24) is 10.2 Å². The Hall–Kier alpha value is -1.36. The smallest absolute Gasteiger partial charge is 0.245 e. The molecule has 104 valence electrons. The summed E-state index contributed by atoms with van der Waals surface area (Å²) in [5.41, 5.74) is 0. The molecule has 0 spiro atoms. The molecule has 0 radical (unpaired) electrons. The highest BCUT2D eigenvalue weighted by molar-refractivity contribution is 7.09. The summed E-state index contributed by atoms with van der Waals surface area (Å²) in [6, 6.07) is 3.63. The van der Waals surface area contributed by atoms with E-state index in [2.05, 4.69) is 5.32 Å². The molecule has 0 bridgehead atoms. The molecule has 2 atom stereocenters. The summed E-state index contributed by atoms with van der Waals surface area (Å²) in [5, 5.41) is 4.87. The molecule has 19 heavy (non-hydrogen) atoms. The first-order chi connectivity index (χ1) is 9.11. The van der Waals surface area contributed by atoms with Crippen LogP contribution in [0.2, 0.25) is 0 Å². The minimum atomic E-state index is -0.375. The van der Waals surface area contributed by atoms with Crippen molar-refractivity contribution in [3.05, 3.63) is 22.4 Å². The lowest BCUT2D eigenvalue weighted by atomic mass is 9.98. The van der Waals surface area contributed by atoms with E-state index in [-0.39, 0.29) is 23.8 Å². The number of carbonyl (C=O) groups is 2. The average molecular weight is 280 g/mol. The van der Waals surface area contributed by atoms with Gasteiger partial charge in [-0.25, -0.2) is 0 Å². The van der Waals surface area contributed by atoms with Crippen molar-refractivity contribution in [3.8, 4) is 0 Å². The molecule has 1 aromatic rings. The van der Waals surface area contributed by atoms with E-state index in [0.717, 1.165) is 11.3 Å². The summed E-state index contributed by atoms with van der Waals surface area (Å²) in [6.07, 6.45) is 1.27. The van der Waals surface area contributed by atoms with Gasteiger partial charge >= 0.3 is 0 Å². The van der Waals surface area contributed by atoms with Gasteiger partial charge in [0, 0.05) is 17.8 Å². The Labute approximate surface area is 117 Å². The first-order valence-electron chi connectivity index (χ1n) is 6.72. The number of carbonyl (C=O) groups excluding carboxylic acids is 2. The predicted octanol–water partition coefficient (Wildman–Crippen LogP) is 2.01. The maximum atomic E-state index is 12.5. The monoisotopic (exact) mass is 280 g/mol. The first kappa shape index (κ1) is 14.1. The molecule has 0 aromatic carbocycles. The van der Waals surface area contributed by atoms with Crippen molar-refractivity contribution in [3.63, 3.8) is 0 Å². The Morgan fingerprint density at radius 1 is 1.53 bits per heavy atom. The van der Waals surface area contributed by atoms with Crippen molar-refractivity contribution in [2.75, 3.05) is 6.54 Å². The van der Waals surface area contributed by atoms with Crippen molar-refractivity contribution in [1.29, 1.82) is 0 Å². The fourth-order valence-corrected chi connectivity index (χ4v) is 2.94. The highest BCUT2D eigenvalue weighted by Crippen LogP contribution is 2.18. The third-order valence-corrected chi connectivity index (χ3v) is 4.50. The van der Waals surface area contributed by atoms with Crippen molar-refractivity contribution in [2.24, 2.45) is 5.92 Å². The van der Waals surface area contributed by atoms with Crippen LogP contribution >= 0.6 is 11.3 Å². The van der Waals surface area contributed by atoms with E-state index < -0.39 is 0 Å². The second kappa shape index (κ2) is 6.19. The standard InChI is InChI=1S/C14H20N2O2S/c1-3-10(2)13-14(18)16(7-6-12(17)15-13)9-11-5-4-8-19-11/h4-5,8,10,13H,3,6-7,9H2,1-2H3,(H,15,17). The van der Waals surface area contributed by atoms with Gasteiger partial charge in [-0.1, -0.05) is 26.3 Å². The van der Waals surface area contributed by atoms with Crippen LogP contribution in [0.15, 0.2) is 17.5 Å². The van der Waals surface area contributed by atoms with Crippen LogP contribution in [0.3, 0.4) is 0 Å². The lowest BCUT2D eigenvalue weighted by Crippen LogP contribution is -2.48. The molecule has 1 saturated heterocycles. The Kier molecular flexibility index (Phi) is 4.58. The Balaban J connectivity index is 2.13. The van der Waals surface area contributed by atoms with Crippen LogP contribution in [-0.2, 0) is 16.1 Å². The molecule has 1 aliphatic heterocycles. The summed E-state index contributed by atoms with van der Waals surface area (Å²) in [7, 11) is 0. The van der Waals surface area contributed by atoms with Gasteiger partial charge in [0.15, 0.2) is 0 Å². The molecule has 2 heterocycles. The van der Waals surface area contributed by atoms with Crippen LogP contribution in [0, 0.1) is 5.92 Å². The van der Waals surface area contributed by atoms with Crippen molar-refractivity contribution in [2.45, 2.75) is 39.3 Å². The van der Waals surface area contributed by atoms with Gasteiger partial charge in [-0.3, -0.25) is 9.59 Å². The number of nitrogens with one attached hydrogen (secondary N) is 1. The molecule has 2 rings (SSSR count). The number of thiophene rings is 1. The largest absolute Gasteiger partial charge is 0.344 e. The van der Waals surface area contributed by atoms with Crippen LogP contribution in [0.1, 0.15) is 31.6 Å². The predicted molar refractivity (Wildman–Crippen MR) is 75.7 cm³/mol. The molecule has 5 heteroatoms. The highest BCUT2D eigenvalue weighted by atomic mass is 32.1. The maximum Gasteiger partial charge on any atom is 0.245 e. The van der Waals surface area contributed by atoms with E-state index in [1.54, 1.807) is 16.2 Å². The second-order valence-electron chi connectivity index (χ2n) is 5.02. The van der Waals surface area contributed by atoms with E-state index in [1.165, 1.54) is 0 Å². The van der Waals surface area contributed by atoms with E-state index >= 15 is 0 Å². The normalized spacial score (nSPS) is 22.0. The number of nitrogens with zero attached hydrogens (tertiary/aromatic N) is 1. The van der Waals surface area contributed by atoms with Crippen molar-refractivity contribution < 1.29 is 9.59 Å². The Bertz CT molecular complexity index is 444. The van der Waals surface area contributed by atoms with E-state index in [4.69, 9.17) is 0 Å². The number of rotatable bonds is 4. The third kappa shape index (κ3) is 3.35. The van der Waals surface area contributed by atoms with Gasteiger partial charge in [-0.15, -0.1) is 11.3 Å². The Morgan fingerprint density at radius 3 is 2.95 bits per heavy atom. The van der Waals surface area contributed by atoms with Crippen molar-refractivity contribution >= 4 is 23.2 Å². The van der Waals surface area contributed by atoms with Gasteiger partial charge in [-0.2, -0.15) is 0 Å². The Morgan fingerprint density at radius 2 is 2.32 bits per heavy atom. The molecular weight excluding hydrogens is 260 g/mol. The van der Waals surface area contributed by atoms with Gasteiger partial charge < -0.3 is 10.2 Å². The summed E-state index contributed by atoms with van der Waals surface area (Å²) in [6.45, 7) is 5.17. The van der Waals surface area contributed by atoms with E-state index in [9.17, 15) is 9.59 Å². The summed E-state index contributed by atoms with van der Waals surface area (Å²) in [5.74, 6) is 0.196. The molecule has 4 nitrogen and oxygen atoms in total. The number of hydrogen-bond acceptors (Lipinski definition) is 3. The molecule has 1 N–H and O–H groups in total. The molecule has 2 unspecified atom stereocenters. The van der Waals surface area contributed by atoms with Crippen LogP contribution in [0.5, 0.6) is 0 Å². The third-order valence-electron chi connectivity index (χ3n) is 3.64. The van der Waals surface area contributed by atoms with Crippen LogP contribution < -0.4 is 5.32 Å². The van der Waals surface area contributed by atoms with Crippen LogP contribution in [0.25, 0.3) is 0 Å². The van der Waals surface area contributed by atoms with Gasteiger partial charge in [0.1, 0.15) is 6.04 Å². The number of amides is 2. The minimum Gasteiger partial charge on any atom is -0.344 e. The summed E-state index contributed by atoms with van der Waals surface area (Å²) < 4.78 is 0. The minimum absolute atomic E-state index is 0.0210. The fraction of sp³-hybridized carbons (Fsp3) is 0.571.